The molecule has 0 spiro atoms. The molecule has 0 amide bonds. The van der Waals surface area contributed by atoms with Crippen LogP contribution >= 0.6 is 0 Å². The third-order valence-electron chi connectivity index (χ3n) is 3.89. The summed E-state index contributed by atoms with van der Waals surface area (Å²) in [7, 11) is 0. The van der Waals surface area contributed by atoms with Crippen molar-refractivity contribution in [3.8, 4) is 5.75 Å². The number of hydrogen-bond donors (Lipinski definition) is 1. The molecule has 0 aliphatic heterocycles. The van der Waals surface area contributed by atoms with Crippen molar-refractivity contribution >= 4 is 11.0 Å². The highest BCUT2D eigenvalue weighted by atomic mass is 16.5. The molecule has 3 aromatic rings. The van der Waals surface area contributed by atoms with Crippen LogP contribution < -0.4 is 10.5 Å². The van der Waals surface area contributed by atoms with Crippen molar-refractivity contribution in [1.29, 1.82) is 0 Å². The van der Waals surface area contributed by atoms with Crippen molar-refractivity contribution in [2.24, 2.45) is 5.73 Å². The van der Waals surface area contributed by atoms with Crippen LogP contribution in [0.1, 0.15) is 22.5 Å². The maximum Gasteiger partial charge on any atom is 0.134 e. The van der Waals surface area contributed by atoms with Crippen LogP contribution in [-0.4, -0.2) is 0 Å². The molecule has 21 heavy (non-hydrogen) atoms. The van der Waals surface area contributed by atoms with E-state index in [2.05, 4.69) is 19.9 Å². The number of aryl methyl sites for hydroxylation is 1. The van der Waals surface area contributed by atoms with Crippen molar-refractivity contribution < 1.29 is 9.15 Å². The lowest BCUT2D eigenvalue weighted by atomic mass is 10.1. The third-order valence-corrected chi connectivity index (χ3v) is 3.89. The highest BCUT2D eigenvalue weighted by Crippen LogP contribution is 2.28. The maximum absolute atomic E-state index is 6.00. The summed E-state index contributed by atoms with van der Waals surface area (Å²) < 4.78 is 11.8. The van der Waals surface area contributed by atoms with Gasteiger partial charge in [-0.05, 0) is 37.1 Å². The third kappa shape index (κ3) is 2.52. The first-order chi connectivity index (χ1) is 10.2. The Kier molecular flexibility index (Phi) is 3.67. The van der Waals surface area contributed by atoms with Crippen LogP contribution in [0, 0.1) is 13.8 Å². The van der Waals surface area contributed by atoms with E-state index in [-0.39, 0.29) is 0 Å². The Bertz CT molecular complexity index is 774. The fraction of sp³-hybridized carbons (Fsp3) is 0.222. The molecule has 2 aromatic carbocycles. The largest absolute Gasteiger partial charge is 0.488 e. The summed E-state index contributed by atoms with van der Waals surface area (Å²) in [6.45, 7) is 5.00. The van der Waals surface area contributed by atoms with Crippen LogP contribution in [0.25, 0.3) is 11.0 Å². The van der Waals surface area contributed by atoms with Gasteiger partial charge in [-0.15, -0.1) is 0 Å². The van der Waals surface area contributed by atoms with Crippen molar-refractivity contribution in [3.05, 3.63) is 64.9 Å². The monoisotopic (exact) mass is 281 g/mol. The van der Waals surface area contributed by atoms with Gasteiger partial charge in [0.1, 0.15) is 23.7 Å². The number of benzene rings is 2. The van der Waals surface area contributed by atoms with Gasteiger partial charge in [0.05, 0.1) is 6.54 Å². The number of nitrogens with two attached hydrogens (primary N) is 1. The van der Waals surface area contributed by atoms with E-state index >= 15 is 0 Å². The maximum atomic E-state index is 6.00. The summed E-state index contributed by atoms with van der Waals surface area (Å²) in [6.07, 6.45) is 0. The summed E-state index contributed by atoms with van der Waals surface area (Å²) in [6, 6.07) is 14.0. The number of rotatable bonds is 4. The molecular weight excluding hydrogens is 262 g/mol. The molecule has 0 aliphatic rings. The second kappa shape index (κ2) is 5.62. The van der Waals surface area contributed by atoms with Crippen molar-refractivity contribution in [2.45, 2.75) is 27.0 Å². The van der Waals surface area contributed by atoms with Gasteiger partial charge in [-0.3, -0.25) is 0 Å². The minimum Gasteiger partial charge on any atom is -0.488 e. The molecule has 3 nitrogen and oxygen atoms in total. The summed E-state index contributed by atoms with van der Waals surface area (Å²) in [4.78, 5) is 0. The van der Waals surface area contributed by atoms with Crippen LogP contribution in [0.2, 0.25) is 0 Å². The molecule has 0 saturated carbocycles. The average molecular weight is 281 g/mol. The van der Waals surface area contributed by atoms with Crippen LogP contribution in [0.15, 0.2) is 46.9 Å². The van der Waals surface area contributed by atoms with Crippen LogP contribution in [-0.2, 0) is 13.2 Å². The Morgan fingerprint density at radius 3 is 2.67 bits per heavy atom. The van der Waals surface area contributed by atoms with Gasteiger partial charge in [0.15, 0.2) is 0 Å². The number of hydrogen-bond acceptors (Lipinski definition) is 3. The second-order valence-corrected chi connectivity index (χ2v) is 5.19. The predicted molar refractivity (Wildman–Crippen MR) is 84.4 cm³/mol. The Hall–Kier alpha value is -2.26. The van der Waals surface area contributed by atoms with Gasteiger partial charge in [0, 0.05) is 10.9 Å². The number of furan rings is 1. The zero-order valence-corrected chi connectivity index (χ0v) is 12.3. The van der Waals surface area contributed by atoms with Crippen molar-refractivity contribution in [2.75, 3.05) is 0 Å². The number of ether oxygens (including phenoxy) is 1. The van der Waals surface area contributed by atoms with E-state index in [1.165, 1.54) is 11.1 Å². The zero-order valence-electron chi connectivity index (χ0n) is 12.3. The van der Waals surface area contributed by atoms with Crippen LogP contribution in [0.5, 0.6) is 5.75 Å². The normalized spacial score (nSPS) is 11.0. The minimum atomic E-state index is 0.375. The first-order valence-electron chi connectivity index (χ1n) is 7.09. The van der Waals surface area contributed by atoms with Gasteiger partial charge >= 0.3 is 0 Å². The van der Waals surface area contributed by atoms with Gasteiger partial charge < -0.3 is 14.9 Å². The molecule has 0 radical (unpaired) electrons. The quantitative estimate of drug-likeness (QED) is 0.783. The molecule has 0 aliphatic carbocycles. The molecule has 0 unspecified atom stereocenters. The van der Waals surface area contributed by atoms with E-state index in [4.69, 9.17) is 14.9 Å². The molecule has 0 fully saturated rings. The van der Waals surface area contributed by atoms with E-state index in [1.807, 2.05) is 36.4 Å². The van der Waals surface area contributed by atoms with E-state index < -0.39 is 0 Å². The number of fused-ring (bicyclic) bond motifs is 1. The highest BCUT2D eigenvalue weighted by molar-refractivity contribution is 5.82. The van der Waals surface area contributed by atoms with Crippen LogP contribution in [0.3, 0.4) is 0 Å². The lowest BCUT2D eigenvalue weighted by Crippen LogP contribution is -2.03. The van der Waals surface area contributed by atoms with E-state index in [0.29, 0.717) is 13.2 Å². The lowest BCUT2D eigenvalue weighted by molar-refractivity contribution is 0.301. The Morgan fingerprint density at radius 2 is 1.86 bits per heavy atom. The molecular formula is C18H19NO2. The molecule has 1 aromatic heterocycles. The Morgan fingerprint density at radius 1 is 1.05 bits per heavy atom. The van der Waals surface area contributed by atoms with E-state index in [9.17, 15) is 0 Å². The lowest BCUT2D eigenvalue weighted by Gasteiger charge is -2.11. The number of para-hydroxylation sites is 1. The van der Waals surface area contributed by atoms with E-state index in [0.717, 1.165) is 28.0 Å². The molecule has 0 saturated heterocycles. The highest BCUT2D eigenvalue weighted by Gasteiger charge is 2.13. The first kappa shape index (κ1) is 13.7. The molecule has 3 heteroatoms. The predicted octanol–water partition coefficient (Wildman–Crippen LogP) is 4.09. The van der Waals surface area contributed by atoms with Gasteiger partial charge in [0.2, 0.25) is 0 Å². The SMILES string of the molecule is Cc1cccc(OCc2c(CN)oc3ccccc23)c1C. The van der Waals surface area contributed by atoms with Crippen molar-refractivity contribution in [1.82, 2.24) is 0 Å². The molecule has 3 rings (SSSR count). The minimum absolute atomic E-state index is 0.375. The van der Waals surface area contributed by atoms with Crippen LogP contribution in [0.4, 0.5) is 0 Å². The first-order valence-corrected chi connectivity index (χ1v) is 7.09. The fourth-order valence-electron chi connectivity index (χ4n) is 2.50. The summed E-state index contributed by atoms with van der Waals surface area (Å²) >= 11 is 0. The standard InChI is InChI=1S/C18H19NO2/c1-12-6-5-9-16(13(12)2)20-11-15-14-7-3-4-8-17(14)21-18(15)10-19/h3-9H,10-11,19H2,1-2H3. The van der Waals surface area contributed by atoms with Crippen molar-refractivity contribution in [3.63, 3.8) is 0 Å². The summed E-state index contributed by atoms with van der Waals surface area (Å²) in [5, 5.41) is 1.07. The van der Waals surface area contributed by atoms with Gasteiger partial charge in [0.25, 0.3) is 0 Å². The van der Waals surface area contributed by atoms with Gasteiger partial charge in [-0.25, -0.2) is 0 Å². The average Bonchev–Trinajstić information content (AvgIpc) is 2.86. The second-order valence-electron chi connectivity index (χ2n) is 5.19. The molecule has 0 atom stereocenters. The zero-order chi connectivity index (χ0) is 14.8. The summed E-state index contributed by atoms with van der Waals surface area (Å²) in [5.41, 5.74) is 10.1. The Balaban J connectivity index is 1.93. The smallest absolute Gasteiger partial charge is 0.134 e. The summed E-state index contributed by atoms with van der Waals surface area (Å²) in [5.74, 6) is 1.70. The fourth-order valence-corrected chi connectivity index (χ4v) is 2.50. The molecule has 0 bridgehead atoms. The topological polar surface area (TPSA) is 48.4 Å². The molecule has 108 valence electrons. The Labute approximate surface area is 124 Å². The van der Waals surface area contributed by atoms with Gasteiger partial charge in [-0.2, -0.15) is 0 Å². The van der Waals surface area contributed by atoms with E-state index in [1.54, 1.807) is 0 Å². The molecule has 2 N–H and O–H groups in total. The molecule has 1 heterocycles. The van der Waals surface area contributed by atoms with Gasteiger partial charge in [-0.1, -0.05) is 30.3 Å².